The number of aliphatic hydroxyl groups excluding tert-OH is 1. The summed E-state index contributed by atoms with van der Waals surface area (Å²) in [6.45, 7) is 4.57. The van der Waals surface area contributed by atoms with Crippen LogP contribution in [0.25, 0.3) is 0 Å². The van der Waals surface area contributed by atoms with Crippen molar-refractivity contribution in [1.29, 1.82) is 0 Å². The van der Waals surface area contributed by atoms with Gasteiger partial charge < -0.3 is 10.4 Å². The molecule has 2 heterocycles. The van der Waals surface area contributed by atoms with Gasteiger partial charge in [0.25, 0.3) is 0 Å². The Balaban J connectivity index is 1.92. The minimum atomic E-state index is -0.214. The van der Waals surface area contributed by atoms with Crippen LogP contribution in [0.3, 0.4) is 0 Å². The minimum Gasteiger partial charge on any atom is -0.378 e. The Bertz CT molecular complexity index is 192. The van der Waals surface area contributed by atoms with E-state index < -0.39 is 0 Å². The Morgan fingerprint density at radius 3 is 2.40 bits per heavy atom. The van der Waals surface area contributed by atoms with Gasteiger partial charge >= 0.3 is 0 Å². The topological polar surface area (TPSA) is 35.5 Å². The first-order valence-corrected chi connectivity index (χ1v) is 6.29. The van der Waals surface area contributed by atoms with E-state index in [1.54, 1.807) is 0 Å². The zero-order valence-electron chi connectivity index (χ0n) is 9.95. The predicted molar refractivity (Wildman–Crippen MR) is 61.5 cm³/mol. The van der Waals surface area contributed by atoms with E-state index in [1.165, 1.54) is 32.4 Å². The maximum absolute atomic E-state index is 9.96. The molecule has 2 saturated heterocycles. The highest BCUT2D eigenvalue weighted by atomic mass is 16.3. The number of piperidine rings is 2. The van der Waals surface area contributed by atoms with Gasteiger partial charge in [-0.3, -0.25) is 4.90 Å². The number of likely N-dealkylation sites (tertiary alicyclic amines) is 1. The molecule has 3 nitrogen and oxygen atoms in total. The fraction of sp³-hybridized carbons (Fsp3) is 1.00. The molecule has 0 aromatic heterocycles. The van der Waals surface area contributed by atoms with Crippen LogP contribution < -0.4 is 5.32 Å². The lowest BCUT2D eigenvalue weighted by Crippen LogP contribution is -2.47. The smallest absolute Gasteiger partial charge is 0.107 e. The van der Waals surface area contributed by atoms with Crippen LogP contribution in [-0.4, -0.2) is 42.4 Å². The minimum absolute atomic E-state index is 0.214. The summed E-state index contributed by atoms with van der Waals surface area (Å²) in [6.07, 6.45) is 4.62. The highest BCUT2D eigenvalue weighted by Crippen LogP contribution is 2.34. The van der Waals surface area contributed by atoms with Gasteiger partial charge in [-0.05, 0) is 64.6 Å². The lowest BCUT2D eigenvalue weighted by molar-refractivity contribution is -0.0661. The van der Waals surface area contributed by atoms with Crippen LogP contribution in [0.15, 0.2) is 0 Å². The number of nitrogens with one attached hydrogen (secondary N) is 1. The standard InChI is InChI=1S/C12H24N2O/c1-9-7-11(8-12(15)14(9)2)10-3-5-13-6-4-10/h9-13,15H,3-8H2,1-2H3/t9-,11-,12+/m1/s1. The number of hydrogen-bond donors (Lipinski definition) is 2. The molecule has 2 fully saturated rings. The molecule has 2 N–H and O–H groups in total. The van der Waals surface area contributed by atoms with E-state index in [9.17, 15) is 5.11 Å². The second-order valence-electron chi connectivity index (χ2n) is 5.31. The second kappa shape index (κ2) is 4.81. The Hall–Kier alpha value is -0.120. The SMILES string of the molecule is C[C@@H]1C[C@@H](C2CCNCC2)C[C@H](O)N1C. The third-order valence-electron chi connectivity index (χ3n) is 4.37. The number of rotatable bonds is 1. The van der Waals surface area contributed by atoms with Crippen molar-refractivity contribution in [2.75, 3.05) is 20.1 Å². The van der Waals surface area contributed by atoms with Crippen molar-refractivity contribution in [2.24, 2.45) is 11.8 Å². The number of nitrogens with zero attached hydrogens (tertiary/aromatic N) is 1. The van der Waals surface area contributed by atoms with Crippen LogP contribution in [0.4, 0.5) is 0 Å². The molecule has 2 aliphatic heterocycles. The van der Waals surface area contributed by atoms with Gasteiger partial charge in [0.05, 0.1) is 0 Å². The second-order valence-corrected chi connectivity index (χ2v) is 5.31. The molecule has 0 aromatic rings. The van der Waals surface area contributed by atoms with Crippen LogP contribution in [-0.2, 0) is 0 Å². The van der Waals surface area contributed by atoms with Crippen molar-refractivity contribution >= 4 is 0 Å². The number of hydrogen-bond acceptors (Lipinski definition) is 3. The summed E-state index contributed by atoms with van der Waals surface area (Å²) in [5.41, 5.74) is 0. The molecule has 3 atom stereocenters. The van der Waals surface area contributed by atoms with Crippen LogP contribution in [0, 0.1) is 11.8 Å². The molecule has 2 aliphatic rings. The van der Waals surface area contributed by atoms with Crippen LogP contribution in [0.2, 0.25) is 0 Å². The Morgan fingerprint density at radius 2 is 1.80 bits per heavy atom. The van der Waals surface area contributed by atoms with Crippen molar-refractivity contribution < 1.29 is 5.11 Å². The first-order valence-electron chi connectivity index (χ1n) is 6.29. The van der Waals surface area contributed by atoms with Crippen molar-refractivity contribution in [3.05, 3.63) is 0 Å². The third-order valence-corrected chi connectivity index (χ3v) is 4.37. The summed E-state index contributed by atoms with van der Waals surface area (Å²) in [7, 11) is 2.04. The largest absolute Gasteiger partial charge is 0.378 e. The zero-order chi connectivity index (χ0) is 10.8. The summed E-state index contributed by atoms with van der Waals surface area (Å²) in [4.78, 5) is 2.11. The molecule has 2 rings (SSSR count). The fourth-order valence-corrected chi connectivity index (χ4v) is 3.13. The highest BCUT2D eigenvalue weighted by Gasteiger charge is 2.34. The van der Waals surface area contributed by atoms with Gasteiger partial charge in [0.2, 0.25) is 0 Å². The summed E-state index contributed by atoms with van der Waals surface area (Å²) < 4.78 is 0. The molecule has 0 aliphatic carbocycles. The van der Waals surface area contributed by atoms with E-state index in [2.05, 4.69) is 17.1 Å². The van der Waals surface area contributed by atoms with Gasteiger partial charge in [0.1, 0.15) is 6.23 Å². The third kappa shape index (κ3) is 2.52. The molecule has 88 valence electrons. The van der Waals surface area contributed by atoms with Crippen molar-refractivity contribution in [1.82, 2.24) is 10.2 Å². The zero-order valence-corrected chi connectivity index (χ0v) is 9.95. The van der Waals surface area contributed by atoms with Gasteiger partial charge in [0.15, 0.2) is 0 Å². The van der Waals surface area contributed by atoms with E-state index >= 15 is 0 Å². The Kier molecular flexibility index (Phi) is 3.65. The molecular weight excluding hydrogens is 188 g/mol. The molecule has 0 aromatic carbocycles. The maximum atomic E-state index is 9.96. The summed E-state index contributed by atoms with van der Waals surface area (Å²) in [5, 5.41) is 13.4. The molecule has 0 spiro atoms. The molecule has 0 unspecified atom stereocenters. The van der Waals surface area contributed by atoms with Crippen LogP contribution in [0.5, 0.6) is 0 Å². The van der Waals surface area contributed by atoms with E-state index in [1.807, 2.05) is 7.05 Å². The van der Waals surface area contributed by atoms with Gasteiger partial charge in [-0.25, -0.2) is 0 Å². The average molecular weight is 212 g/mol. The van der Waals surface area contributed by atoms with Gasteiger partial charge in [-0.2, -0.15) is 0 Å². The molecule has 15 heavy (non-hydrogen) atoms. The summed E-state index contributed by atoms with van der Waals surface area (Å²) >= 11 is 0. The first-order chi connectivity index (χ1) is 7.18. The van der Waals surface area contributed by atoms with Crippen molar-refractivity contribution in [3.63, 3.8) is 0 Å². The predicted octanol–water partition coefficient (Wildman–Crippen LogP) is 1.03. The molecular formula is C12H24N2O. The first kappa shape index (κ1) is 11.4. The maximum Gasteiger partial charge on any atom is 0.107 e. The Labute approximate surface area is 92.8 Å². The normalized spacial score (nSPS) is 40.6. The van der Waals surface area contributed by atoms with Crippen LogP contribution >= 0.6 is 0 Å². The van der Waals surface area contributed by atoms with E-state index in [0.717, 1.165) is 18.3 Å². The lowest BCUT2D eigenvalue weighted by Gasteiger charge is -2.43. The number of aliphatic hydroxyl groups is 1. The quantitative estimate of drug-likeness (QED) is 0.681. The van der Waals surface area contributed by atoms with E-state index in [4.69, 9.17) is 0 Å². The van der Waals surface area contributed by atoms with E-state index in [0.29, 0.717) is 6.04 Å². The van der Waals surface area contributed by atoms with Crippen molar-refractivity contribution in [2.45, 2.75) is 44.9 Å². The fourth-order valence-electron chi connectivity index (χ4n) is 3.13. The van der Waals surface area contributed by atoms with Crippen LogP contribution in [0.1, 0.15) is 32.6 Å². The van der Waals surface area contributed by atoms with Gasteiger partial charge in [-0.1, -0.05) is 0 Å². The lowest BCUT2D eigenvalue weighted by atomic mass is 9.77. The monoisotopic (exact) mass is 212 g/mol. The molecule has 0 bridgehead atoms. The summed E-state index contributed by atoms with van der Waals surface area (Å²) in [6, 6.07) is 0.536. The van der Waals surface area contributed by atoms with Gasteiger partial charge in [0, 0.05) is 6.04 Å². The van der Waals surface area contributed by atoms with Crippen molar-refractivity contribution in [3.8, 4) is 0 Å². The molecule has 0 radical (unpaired) electrons. The highest BCUT2D eigenvalue weighted by molar-refractivity contribution is 4.85. The molecule has 0 saturated carbocycles. The Morgan fingerprint density at radius 1 is 1.13 bits per heavy atom. The van der Waals surface area contributed by atoms with E-state index in [-0.39, 0.29) is 6.23 Å². The average Bonchev–Trinajstić information content (AvgIpc) is 2.26. The molecule has 3 heteroatoms. The molecule has 0 amide bonds. The summed E-state index contributed by atoms with van der Waals surface area (Å²) in [5.74, 6) is 1.59. The van der Waals surface area contributed by atoms with Gasteiger partial charge in [-0.15, -0.1) is 0 Å².